The molecule has 0 saturated heterocycles. The molecule has 2 aromatic heterocycles. The quantitative estimate of drug-likeness (QED) is 0.614. The van der Waals surface area contributed by atoms with Crippen LogP contribution in [0, 0.1) is 0 Å². The molecule has 4 nitrogen and oxygen atoms in total. The second kappa shape index (κ2) is 6.64. The fraction of sp³-hybridized carbons (Fsp3) is 0.538. The SMILES string of the molecule is CCCCSc1nc(NCCC)cn2ccnc12. The van der Waals surface area contributed by atoms with Gasteiger partial charge >= 0.3 is 0 Å². The van der Waals surface area contributed by atoms with Gasteiger partial charge in [0.2, 0.25) is 0 Å². The van der Waals surface area contributed by atoms with Crippen LogP contribution in [0.25, 0.3) is 5.65 Å². The van der Waals surface area contributed by atoms with E-state index in [2.05, 4.69) is 29.1 Å². The number of hydrogen-bond donors (Lipinski definition) is 1. The number of imidazole rings is 1. The lowest BCUT2D eigenvalue weighted by Crippen LogP contribution is -2.04. The molecule has 0 radical (unpaired) electrons. The van der Waals surface area contributed by atoms with E-state index in [9.17, 15) is 0 Å². The molecule has 0 unspecified atom stereocenters. The molecule has 0 amide bonds. The van der Waals surface area contributed by atoms with E-state index in [1.807, 2.05) is 23.0 Å². The third-order valence-electron chi connectivity index (χ3n) is 2.64. The average molecular weight is 264 g/mol. The van der Waals surface area contributed by atoms with Crippen molar-refractivity contribution in [3.8, 4) is 0 Å². The van der Waals surface area contributed by atoms with Crippen molar-refractivity contribution in [1.82, 2.24) is 14.4 Å². The third-order valence-corrected chi connectivity index (χ3v) is 3.68. The molecule has 0 spiro atoms. The molecule has 0 bridgehead atoms. The highest BCUT2D eigenvalue weighted by molar-refractivity contribution is 7.99. The van der Waals surface area contributed by atoms with Crippen molar-refractivity contribution >= 4 is 23.2 Å². The van der Waals surface area contributed by atoms with Crippen molar-refractivity contribution in [2.75, 3.05) is 17.6 Å². The van der Waals surface area contributed by atoms with Crippen LogP contribution < -0.4 is 5.32 Å². The lowest BCUT2D eigenvalue weighted by atomic mass is 10.4. The van der Waals surface area contributed by atoms with Gasteiger partial charge in [-0.2, -0.15) is 0 Å². The number of thioether (sulfide) groups is 1. The van der Waals surface area contributed by atoms with Crippen LogP contribution in [0.3, 0.4) is 0 Å². The van der Waals surface area contributed by atoms with Gasteiger partial charge in [-0.3, -0.25) is 0 Å². The zero-order valence-corrected chi connectivity index (χ0v) is 11.8. The molecule has 0 aliphatic carbocycles. The lowest BCUT2D eigenvalue weighted by molar-refractivity contribution is 0.893. The topological polar surface area (TPSA) is 42.2 Å². The summed E-state index contributed by atoms with van der Waals surface area (Å²) in [6.07, 6.45) is 9.32. The van der Waals surface area contributed by atoms with Gasteiger partial charge in [0.05, 0.1) is 6.20 Å². The van der Waals surface area contributed by atoms with E-state index in [1.54, 1.807) is 11.8 Å². The van der Waals surface area contributed by atoms with Crippen LogP contribution in [-0.4, -0.2) is 26.7 Å². The first-order valence-corrected chi connectivity index (χ1v) is 7.54. The molecule has 1 N–H and O–H groups in total. The minimum Gasteiger partial charge on any atom is -0.369 e. The van der Waals surface area contributed by atoms with Crippen molar-refractivity contribution in [2.45, 2.75) is 38.1 Å². The maximum atomic E-state index is 4.65. The van der Waals surface area contributed by atoms with Crippen molar-refractivity contribution in [1.29, 1.82) is 0 Å². The molecule has 0 saturated carbocycles. The van der Waals surface area contributed by atoms with Gasteiger partial charge in [-0.05, 0) is 18.6 Å². The summed E-state index contributed by atoms with van der Waals surface area (Å²) in [6, 6.07) is 0. The number of nitrogens with zero attached hydrogens (tertiary/aromatic N) is 3. The van der Waals surface area contributed by atoms with E-state index in [0.717, 1.165) is 35.2 Å². The zero-order valence-electron chi connectivity index (χ0n) is 11.0. The van der Waals surface area contributed by atoms with Crippen LogP contribution in [0.15, 0.2) is 23.6 Å². The Bertz CT molecular complexity index is 495. The predicted octanol–water partition coefficient (Wildman–Crippen LogP) is 3.44. The molecule has 0 fully saturated rings. The Hall–Kier alpha value is -1.23. The summed E-state index contributed by atoms with van der Waals surface area (Å²) in [5.41, 5.74) is 0.957. The molecule has 2 rings (SSSR count). The van der Waals surface area contributed by atoms with Gasteiger partial charge in [-0.1, -0.05) is 20.3 Å². The van der Waals surface area contributed by atoms with Crippen molar-refractivity contribution in [2.24, 2.45) is 0 Å². The number of fused-ring (bicyclic) bond motifs is 1. The Balaban J connectivity index is 2.21. The van der Waals surface area contributed by atoms with Crippen LogP contribution in [0.5, 0.6) is 0 Å². The molecule has 0 atom stereocenters. The number of nitrogens with one attached hydrogen (secondary N) is 1. The van der Waals surface area contributed by atoms with Crippen LogP contribution in [0.2, 0.25) is 0 Å². The molecule has 2 heterocycles. The largest absolute Gasteiger partial charge is 0.369 e. The van der Waals surface area contributed by atoms with Crippen molar-refractivity contribution < 1.29 is 0 Å². The summed E-state index contributed by atoms with van der Waals surface area (Å²) in [5.74, 6) is 2.03. The number of aromatic nitrogens is 3. The smallest absolute Gasteiger partial charge is 0.169 e. The first-order chi connectivity index (χ1) is 8.85. The fourth-order valence-corrected chi connectivity index (χ4v) is 2.73. The monoisotopic (exact) mass is 264 g/mol. The zero-order chi connectivity index (χ0) is 12.8. The predicted molar refractivity (Wildman–Crippen MR) is 77.4 cm³/mol. The number of rotatable bonds is 7. The van der Waals surface area contributed by atoms with E-state index >= 15 is 0 Å². The Kier molecular flexibility index (Phi) is 4.87. The van der Waals surface area contributed by atoms with Gasteiger partial charge in [-0.25, -0.2) is 9.97 Å². The standard InChI is InChI=1S/C13H20N4S/c1-3-5-9-18-13-12-15-7-8-17(12)10-11(16-13)14-6-4-2/h7-8,10,14H,3-6,9H2,1-2H3. The Morgan fingerprint density at radius 1 is 1.33 bits per heavy atom. The van der Waals surface area contributed by atoms with Crippen LogP contribution >= 0.6 is 11.8 Å². The van der Waals surface area contributed by atoms with Crippen LogP contribution in [-0.2, 0) is 0 Å². The van der Waals surface area contributed by atoms with Gasteiger partial charge < -0.3 is 9.72 Å². The summed E-state index contributed by atoms with van der Waals surface area (Å²) in [7, 11) is 0. The van der Waals surface area contributed by atoms with Gasteiger partial charge in [0.1, 0.15) is 10.8 Å². The maximum absolute atomic E-state index is 4.65. The van der Waals surface area contributed by atoms with Gasteiger partial charge in [-0.15, -0.1) is 11.8 Å². The minimum absolute atomic E-state index is 0.932. The number of unbranched alkanes of at least 4 members (excludes halogenated alkanes) is 1. The highest BCUT2D eigenvalue weighted by atomic mass is 32.2. The highest BCUT2D eigenvalue weighted by Gasteiger charge is 2.07. The third kappa shape index (κ3) is 3.16. The molecule has 0 aromatic carbocycles. The Morgan fingerprint density at radius 2 is 2.22 bits per heavy atom. The fourth-order valence-electron chi connectivity index (χ4n) is 1.65. The molecule has 0 aliphatic rings. The van der Waals surface area contributed by atoms with Crippen molar-refractivity contribution in [3.05, 3.63) is 18.6 Å². The average Bonchev–Trinajstić information content (AvgIpc) is 2.85. The first kappa shape index (κ1) is 13.2. The molecule has 98 valence electrons. The van der Waals surface area contributed by atoms with Crippen LogP contribution in [0.1, 0.15) is 33.1 Å². The van der Waals surface area contributed by atoms with Crippen LogP contribution in [0.4, 0.5) is 5.82 Å². The maximum Gasteiger partial charge on any atom is 0.169 e. The molecule has 0 aliphatic heterocycles. The summed E-state index contributed by atoms with van der Waals surface area (Å²) < 4.78 is 2.04. The first-order valence-electron chi connectivity index (χ1n) is 6.55. The van der Waals surface area contributed by atoms with E-state index < -0.39 is 0 Å². The van der Waals surface area contributed by atoms with E-state index in [4.69, 9.17) is 0 Å². The van der Waals surface area contributed by atoms with Gasteiger partial charge in [0, 0.05) is 18.9 Å². The van der Waals surface area contributed by atoms with E-state index in [0.29, 0.717) is 0 Å². The van der Waals surface area contributed by atoms with E-state index in [-0.39, 0.29) is 0 Å². The molecular weight excluding hydrogens is 244 g/mol. The summed E-state index contributed by atoms with van der Waals surface area (Å²) >= 11 is 1.79. The Morgan fingerprint density at radius 3 is 3.00 bits per heavy atom. The van der Waals surface area contributed by atoms with Crippen molar-refractivity contribution in [3.63, 3.8) is 0 Å². The number of anilines is 1. The number of hydrogen-bond acceptors (Lipinski definition) is 4. The molecule has 18 heavy (non-hydrogen) atoms. The Labute approximate surface area is 112 Å². The summed E-state index contributed by atoms with van der Waals surface area (Å²) in [6.45, 7) is 5.31. The van der Waals surface area contributed by atoms with Gasteiger partial charge in [0.25, 0.3) is 0 Å². The molecule has 5 heteroatoms. The van der Waals surface area contributed by atoms with E-state index in [1.165, 1.54) is 12.8 Å². The molecule has 2 aromatic rings. The highest BCUT2D eigenvalue weighted by Crippen LogP contribution is 2.23. The van der Waals surface area contributed by atoms with Gasteiger partial charge in [0.15, 0.2) is 5.65 Å². The normalized spacial score (nSPS) is 11.0. The second-order valence-electron chi connectivity index (χ2n) is 4.22. The lowest BCUT2D eigenvalue weighted by Gasteiger charge is -2.08. The summed E-state index contributed by atoms with van der Waals surface area (Å²) in [5, 5.41) is 4.36. The summed E-state index contributed by atoms with van der Waals surface area (Å²) in [4.78, 5) is 9.02. The minimum atomic E-state index is 0.932. The second-order valence-corrected chi connectivity index (χ2v) is 5.30. The molecular formula is C13H20N4S.